The van der Waals surface area contributed by atoms with E-state index in [1.807, 2.05) is 30.3 Å². The zero-order valence-corrected chi connectivity index (χ0v) is 16.2. The van der Waals surface area contributed by atoms with Crippen LogP contribution in [0.25, 0.3) is 0 Å². The number of carbonyl (C=O) groups excluding carboxylic acids is 1. The lowest BCUT2D eigenvalue weighted by atomic mass is 9.76. The molecule has 0 unspecified atom stereocenters. The summed E-state index contributed by atoms with van der Waals surface area (Å²) in [5.41, 5.74) is 2.20. The van der Waals surface area contributed by atoms with E-state index < -0.39 is 0 Å². The monoisotopic (exact) mass is 383 g/mol. The molecular weight excluding hydrogens is 358 g/mol. The van der Waals surface area contributed by atoms with E-state index in [9.17, 15) is 4.79 Å². The Kier molecular flexibility index (Phi) is 5.80. The van der Waals surface area contributed by atoms with Crippen molar-refractivity contribution >= 4 is 17.5 Å². The SMILES string of the molecule is O=C(Cc1ccc(Cl)cc1)N[C@H]1C[C@@H](c2ccccc2)O[C@H]2CCCC[C@H]12. The number of amides is 1. The van der Waals surface area contributed by atoms with Gasteiger partial charge in [-0.25, -0.2) is 0 Å². The number of carbonyl (C=O) groups is 1. The Balaban J connectivity index is 1.46. The van der Waals surface area contributed by atoms with Crippen LogP contribution < -0.4 is 5.32 Å². The van der Waals surface area contributed by atoms with Crippen molar-refractivity contribution < 1.29 is 9.53 Å². The van der Waals surface area contributed by atoms with Crippen molar-refractivity contribution in [2.75, 3.05) is 0 Å². The molecule has 2 fully saturated rings. The third-order valence-electron chi connectivity index (χ3n) is 5.87. The van der Waals surface area contributed by atoms with Crippen molar-refractivity contribution in [3.8, 4) is 0 Å². The van der Waals surface area contributed by atoms with Gasteiger partial charge in [-0.15, -0.1) is 0 Å². The first-order chi connectivity index (χ1) is 13.2. The average molecular weight is 384 g/mol. The number of hydrogen-bond acceptors (Lipinski definition) is 2. The topological polar surface area (TPSA) is 38.3 Å². The first-order valence-corrected chi connectivity index (χ1v) is 10.3. The molecular formula is C23H26ClNO2. The number of hydrogen-bond donors (Lipinski definition) is 1. The van der Waals surface area contributed by atoms with E-state index in [4.69, 9.17) is 16.3 Å². The maximum Gasteiger partial charge on any atom is 0.224 e. The minimum atomic E-state index is 0.0615. The first-order valence-electron chi connectivity index (χ1n) is 9.93. The molecule has 0 bridgehead atoms. The number of benzene rings is 2. The molecule has 4 atom stereocenters. The third kappa shape index (κ3) is 4.53. The van der Waals surface area contributed by atoms with Crippen molar-refractivity contribution in [2.24, 2.45) is 5.92 Å². The van der Waals surface area contributed by atoms with Crippen LogP contribution in [0, 0.1) is 5.92 Å². The second-order valence-electron chi connectivity index (χ2n) is 7.74. The van der Waals surface area contributed by atoms with Gasteiger partial charge in [0.25, 0.3) is 0 Å². The van der Waals surface area contributed by atoms with Crippen LogP contribution in [0.4, 0.5) is 0 Å². The van der Waals surface area contributed by atoms with Gasteiger partial charge in [0.2, 0.25) is 5.91 Å². The summed E-state index contributed by atoms with van der Waals surface area (Å²) in [4.78, 5) is 12.7. The second-order valence-corrected chi connectivity index (χ2v) is 8.17. The van der Waals surface area contributed by atoms with Crippen molar-refractivity contribution in [3.05, 3.63) is 70.7 Å². The quantitative estimate of drug-likeness (QED) is 0.798. The highest BCUT2D eigenvalue weighted by atomic mass is 35.5. The van der Waals surface area contributed by atoms with Gasteiger partial charge in [0.05, 0.1) is 18.6 Å². The van der Waals surface area contributed by atoms with Gasteiger partial charge in [-0.05, 0) is 42.5 Å². The number of ether oxygens (including phenoxy) is 1. The molecule has 27 heavy (non-hydrogen) atoms. The van der Waals surface area contributed by atoms with Crippen molar-refractivity contribution in [2.45, 2.75) is 56.8 Å². The molecule has 2 aromatic rings. The molecule has 1 aliphatic carbocycles. The Morgan fingerprint density at radius 2 is 1.78 bits per heavy atom. The Morgan fingerprint density at radius 1 is 1.04 bits per heavy atom. The molecule has 1 N–H and O–H groups in total. The Labute approximate surface area is 166 Å². The number of fused-ring (bicyclic) bond motifs is 1. The fourth-order valence-corrected chi connectivity index (χ4v) is 4.65. The summed E-state index contributed by atoms with van der Waals surface area (Å²) in [6, 6.07) is 18.1. The molecule has 1 saturated heterocycles. The molecule has 2 aromatic carbocycles. The minimum Gasteiger partial charge on any atom is -0.370 e. The van der Waals surface area contributed by atoms with Gasteiger partial charge in [-0.1, -0.05) is 66.9 Å². The van der Waals surface area contributed by atoms with Gasteiger partial charge in [0.15, 0.2) is 0 Å². The molecule has 1 heterocycles. The first kappa shape index (κ1) is 18.5. The average Bonchev–Trinajstić information content (AvgIpc) is 2.70. The fourth-order valence-electron chi connectivity index (χ4n) is 4.52. The van der Waals surface area contributed by atoms with E-state index in [1.54, 1.807) is 0 Å². The molecule has 0 aromatic heterocycles. The van der Waals surface area contributed by atoms with Gasteiger partial charge in [-0.3, -0.25) is 4.79 Å². The third-order valence-corrected chi connectivity index (χ3v) is 6.13. The minimum absolute atomic E-state index is 0.0615. The molecule has 4 rings (SSSR count). The molecule has 0 radical (unpaired) electrons. The number of halogens is 1. The lowest BCUT2D eigenvalue weighted by molar-refractivity contribution is -0.132. The summed E-state index contributed by atoms with van der Waals surface area (Å²) in [6.07, 6.45) is 6.22. The summed E-state index contributed by atoms with van der Waals surface area (Å²) >= 11 is 5.94. The summed E-state index contributed by atoms with van der Waals surface area (Å²) in [7, 11) is 0. The second kappa shape index (κ2) is 8.45. The normalized spacial score (nSPS) is 27.6. The largest absolute Gasteiger partial charge is 0.370 e. The van der Waals surface area contributed by atoms with Gasteiger partial charge in [-0.2, -0.15) is 0 Å². The maximum absolute atomic E-state index is 12.7. The van der Waals surface area contributed by atoms with Crippen LogP contribution in [0.5, 0.6) is 0 Å². The van der Waals surface area contributed by atoms with Crippen LogP contribution in [-0.2, 0) is 16.0 Å². The smallest absolute Gasteiger partial charge is 0.224 e. The molecule has 1 saturated carbocycles. The van der Waals surface area contributed by atoms with E-state index in [2.05, 4.69) is 29.6 Å². The summed E-state index contributed by atoms with van der Waals surface area (Å²) in [5.74, 6) is 0.508. The van der Waals surface area contributed by atoms with Crippen LogP contribution in [0.1, 0.15) is 49.3 Å². The highest BCUT2D eigenvalue weighted by Gasteiger charge is 2.40. The molecule has 2 aliphatic rings. The summed E-state index contributed by atoms with van der Waals surface area (Å²) in [5, 5.41) is 4.02. The highest BCUT2D eigenvalue weighted by Crippen LogP contribution is 2.41. The Morgan fingerprint density at radius 3 is 2.56 bits per heavy atom. The van der Waals surface area contributed by atoms with Gasteiger partial charge >= 0.3 is 0 Å². The van der Waals surface area contributed by atoms with Crippen molar-refractivity contribution in [1.82, 2.24) is 5.32 Å². The predicted molar refractivity (Wildman–Crippen MR) is 108 cm³/mol. The van der Waals surface area contributed by atoms with E-state index in [1.165, 1.54) is 18.4 Å². The van der Waals surface area contributed by atoms with Gasteiger partial charge in [0, 0.05) is 17.0 Å². The fraction of sp³-hybridized carbons (Fsp3) is 0.435. The van der Waals surface area contributed by atoms with Crippen molar-refractivity contribution in [3.63, 3.8) is 0 Å². The van der Waals surface area contributed by atoms with E-state index in [-0.39, 0.29) is 24.2 Å². The van der Waals surface area contributed by atoms with Crippen LogP contribution in [-0.4, -0.2) is 18.1 Å². The predicted octanol–water partition coefficient (Wildman–Crippen LogP) is 5.09. The maximum atomic E-state index is 12.7. The number of nitrogens with one attached hydrogen (secondary N) is 1. The van der Waals surface area contributed by atoms with Crippen LogP contribution >= 0.6 is 11.6 Å². The van der Waals surface area contributed by atoms with Crippen LogP contribution in [0.3, 0.4) is 0 Å². The lowest BCUT2D eigenvalue weighted by Gasteiger charge is -2.45. The molecule has 1 amide bonds. The van der Waals surface area contributed by atoms with Crippen LogP contribution in [0.15, 0.2) is 54.6 Å². The lowest BCUT2D eigenvalue weighted by Crippen LogP contribution is -2.51. The van der Waals surface area contributed by atoms with E-state index >= 15 is 0 Å². The molecule has 0 spiro atoms. The number of rotatable bonds is 4. The summed E-state index contributed by atoms with van der Waals surface area (Å²) < 4.78 is 6.45. The zero-order chi connectivity index (χ0) is 18.6. The summed E-state index contributed by atoms with van der Waals surface area (Å²) in [6.45, 7) is 0. The van der Waals surface area contributed by atoms with Crippen molar-refractivity contribution in [1.29, 1.82) is 0 Å². The standard InChI is InChI=1S/C23H26ClNO2/c24-18-12-10-16(11-13-18)14-23(26)25-20-15-22(17-6-2-1-3-7-17)27-21-9-5-4-8-19(20)21/h1-3,6-7,10-13,19-22H,4-5,8-9,14-15H2,(H,25,26)/t19-,20+,21+,22+/m1/s1. The molecule has 142 valence electrons. The molecule has 4 heteroatoms. The Hall–Kier alpha value is -1.84. The Bertz CT molecular complexity index is 762. The van der Waals surface area contributed by atoms with Crippen LogP contribution in [0.2, 0.25) is 5.02 Å². The highest BCUT2D eigenvalue weighted by molar-refractivity contribution is 6.30. The molecule has 3 nitrogen and oxygen atoms in total. The van der Waals surface area contributed by atoms with Gasteiger partial charge in [0.1, 0.15) is 0 Å². The van der Waals surface area contributed by atoms with E-state index in [0.29, 0.717) is 17.4 Å². The zero-order valence-electron chi connectivity index (χ0n) is 15.4. The molecule has 1 aliphatic heterocycles. The van der Waals surface area contributed by atoms with Gasteiger partial charge < -0.3 is 10.1 Å². The van der Waals surface area contributed by atoms with E-state index in [0.717, 1.165) is 24.8 Å².